The molecule has 1 fully saturated rings. The monoisotopic (exact) mass is 171 g/mol. The number of hydrogen-bond acceptors (Lipinski definition) is 2. The van der Waals surface area contributed by atoms with Crippen molar-refractivity contribution in [3.63, 3.8) is 0 Å². The van der Waals surface area contributed by atoms with Gasteiger partial charge in [0, 0.05) is 0 Å². The molecule has 12 heavy (non-hydrogen) atoms. The van der Waals surface area contributed by atoms with E-state index in [1.54, 1.807) is 0 Å². The molecule has 0 aromatic heterocycles. The Morgan fingerprint density at radius 3 is 2.83 bits per heavy atom. The Bertz CT molecular complexity index is 159. The zero-order valence-electron chi connectivity index (χ0n) is 7.55. The first-order valence-corrected chi connectivity index (χ1v) is 4.61. The average molecular weight is 171 g/mol. The molecule has 0 aliphatic heterocycles. The highest BCUT2D eigenvalue weighted by Gasteiger charge is 2.20. The van der Waals surface area contributed by atoms with Crippen molar-refractivity contribution in [3.8, 4) is 0 Å². The van der Waals surface area contributed by atoms with E-state index in [4.69, 9.17) is 5.11 Å². The molecule has 0 radical (unpaired) electrons. The van der Waals surface area contributed by atoms with Gasteiger partial charge in [0.15, 0.2) is 0 Å². The molecule has 0 saturated heterocycles. The van der Waals surface area contributed by atoms with E-state index in [-0.39, 0.29) is 6.54 Å². The van der Waals surface area contributed by atoms with E-state index < -0.39 is 5.97 Å². The predicted molar refractivity (Wildman–Crippen MR) is 47.0 cm³/mol. The third kappa shape index (κ3) is 3.22. The van der Waals surface area contributed by atoms with Gasteiger partial charge in [-0.2, -0.15) is 0 Å². The van der Waals surface area contributed by atoms with E-state index in [2.05, 4.69) is 12.2 Å². The molecule has 1 aliphatic carbocycles. The number of nitrogens with one attached hydrogen (secondary N) is 1. The second kappa shape index (κ2) is 4.45. The summed E-state index contributed by atoms with van der Waals surface area (Å²) in [7, 11) is 0. The zero-order valence-corrected chi connectivity index (χ0v) is 7.55. The molecule has 0 aromatic carbocycles. The number of carbonyl (C=O) groups is 1. The molecule has 0 spiro atoms. The van der Waals surface area contributed by atoms with Gasteiger partial charge in [0.1, 0.15) is 0 Å². The lowest BCUT2D eigenvalue weighted by atomic mass is 10.1. The van der Waals surface area contributed by atoms with Gasteiger partial charge in [-0.15, -0.1) is 0 Å². The normalized spacial score (nSPS) is 29.1. The van der Waals surface area contributed by atoms with Crippen LogP contribution in [0, 0.1) is 11.8 Å². The molecule has 2 unspecified atom stereocenters. The predicted octanol–water partition coefficient (Wildman–Crippen LogP) is 1.10. The van der Waals surface area contributed by atoms with Gasteiger partial charge in [0.25, 0.3) is 0 Å². The van der Waals surface area contributed by atoms with Crippen molar-refractivity contribution in [2.45, 2.75) is 26.2 Å². The lowest BCUT2D eigenvalue weighted by molar-refractivity contribution is -0.135. The Kier molecular flexibility index (Phi) is 3.53. The maximum Gasteiger partial charge on any atom is 0.317 e. The zero-order chi connectivity index (χ0) is 8.97. The van der Waals surface area contributed by atoms with Crippen molar-refractivity contribution < 1.29 is 9.90 Å². The number of carboxylic acid groups (broad SMARTS) is 1. The summed E-state index contributed by atoms with van der Waals surface area (Å²) in [6.45, 7) is 3.23. The van der Waals surface area contributed by atoms with E-state index >= 15 is 0 Å². The Hall–Kier alpha value is -0.570. The van der Waals surface area contributed by atoms with Gasteiger partial charge in [-0.05, 0) is 31.2 Å². The van der Waals surface area contributed by atoms with Crippen molar-refractivity contribution in [2.24, 2.45) is 11.8 Å². The maximum atomic E-state index is 10.2. The summed E-state index contributed by atoms with van der Waals surface area (Å²) < 4.78 is 0. The molecule has 0 heterocycles. The van der Waals surface area contributed by atoms with Crippen LogP contribution in [0.1, 0.15) is 26.2 Å². The molecule has 2 atom stereocenters. The van der Waals surface area contributed by atoms with E-state index in [0.717, 1.165) is 12.5 Å². The lowest BCUT2D eigenvalue weighted by Crippen LogP contribution is -2.27. The summed E-state index contributed by atoms with van der Waals surface area (Å²) in [5.41, 5.74) is 0. The van der Waals surface area contributed by atoms with Gasteiger partial charge >= 0.3 is 5.97 Å². The molecule has 70 valence electrons. The van der Waals surface area contributed by atoms with Gasteiger partial charge in [0.2, 0.25) is 0 Å². The third-order valence-electron chi connectivity index (χ3n) is 2.51. The fraction of sp³-hybridized carbons (Fsp3) is 0.889. The van der Waals surface area contributed by atoms with Crippen molar-refractivity contribution in [1.82, 2.24) is 5.32 Å². The molecule has 2 N–H and O–H groups in total. The van der Waals surface area contributed by atoms with Crippen molar-refractivity contribution >= 4 is 5.97 Å². The number of carboxylic acids is 1. The summed E-state index contributed by atoms with van der Waals surface area (Å²) in [4.78, 5) is 10.2. The van der Waals surface area contributed by atoms with Crippen LogP contribution in [0.2, 0.25) is 0 Å². The first kappa shape index (κ1) is 9.52. The van der Waals surface area contributed by atoms with Crippen LogP contribution in [0.3, 0.4) is 0 Å². The fourth-order valence-corrected chi connectivity index (χ4v) is 1.89. The molecule has 0 aromatic rings. The molecule has 0 amide bonds. The highest BCUT2D eigenvalue weighted by atomic mass is 16.4. The van der Waals surface area contributed by atoms with Crippen LogP contribution < -0.4 is 5.32 Å². The Morgan fingerprint density at radius 1 is 1.58 bits per heavy atom. The quantitative estimate of drug-likeness (QED) is 0.666. The van der Waals surface area contributed by atoms with Crippen molar-refractivity contribution in [3.05, 3.63) is 0 Å². The summed E-state index contributed by atoms with van der Waals surface area (Å²) in [6, 6.07) is 0. The smallest absolute Gasteiger partial charge is 0.317 e. The minimum absolute atomic E-state index is 0.102. The van der Waals surface area contributed by atoms with Crippen molar-refractivity contribution in [2.75, 3.05) is 13.1 Å². The first-order valence-electron chi connectivity index (χ1n) is 4.61. The largest absolute Gasteiger partial charge is 0.480 e. The molecule has 3 nitrogen and oxygen atoms in total. The average Bonchev–Trinajstić information content (AvgIpc) is 2.35. The first-order chi connectivity index (χ1) is 5.68. The Labute approximate surface area is 73.2 Å². The van der Waals surface area contributed by atoms with Crippen molar-refractivity contribution in [1.29, 1.82) is 0 Å². The standard InChI is InChI=1S/C9H17NO2/c1-7-2-3-8(4-7)5-10-6-9(11)12/h7-8,10H,2-6H2,1H3,(H,11,12). The summed E-state index contributed by atoms with van der Waals surface area (Å²) in [6.07, 6.45) is 3.82. The van der Waals surface area contributed by atoms with Gasteiger partial charge < -0.3 is 10.4 Å². The van der Waals surface area contributed by atoms with Gasteiger partial charge in [-0.1, -0.05) is 13.3 Å². The van der Waals surface area contributed by atoms with Gasteiger partial charge in [-0.25, -0.2) is 0 Å². The van der Waals surface area contributed by atoms with Crippen LogP contribution in [0.4, 0.5) is 0 Å². The number of aliphatic carboxylic acids is 1. The van der Waals surface area contributed by atoms with E-state index in [1.807, 2.05) is 0 Å². The molecule has 1 rings (SSSR count). The SMILES string of the molecule is CC1CCC(CNCC(=O)O)C1. The van der Waals surface area contributed by atoms with Crippen LogP contribution in [0.25, 0.3) is 0 Å². The fourth-order valence-electron chi connectivity index (χ4n) is 1.89. The highest BCUT2D eigenvalue weighted by molar-refractivity contribution is 5.68. The second-order valence-electron chi connectivity index (χ2n) is 3.81. The molecular formula is C9H17NO2. The van der Waals surface area contributed by atoms with Crippen LogP contribution >= 0.6 is 0 Å². The topological polar surface area (TPSA) is 49.3 Å². The lowest BCUT2D eigenvalue weighted by Gasteiger charge is -2.08. The van der Waals surface area contributed by atoms with Crippen LogP contribution in [0.5, 0.6) is 0 Å². The molecule has 1 saturated carbocycles. The van der Waals surface area contributed by atoms with E-state index in [9.17, 15) is 4.79 Å². The summed E-state index contributed by atoms with van der Waals surface area (Å²) >= 11 is 0. The minimum Gasteiger partial charge on any atom is -0.480 e. The molecular weight excluding hydrogens is 154 g/mol. The minimum atomic E-state index is -0.763. The Morgan fingerprint density at radius 2 is 2.33 bits per heavy atom. The second-order valence-corrected chi connectivity index (χ2v) is 3.81. The number of rotatable bonds is 4. The molecule has 1 aliphatic rings. The van der Waals surface area contributed by atoms with Crippen LogP contribution in [0.15, 0.2) is 0 Å². The molecule has 3 heteroatoms. The summed E-state index contributed by atoms with van der Waals surface area (Å²) in [5.74, 6) is 0.780. The molecule has 0 bridgehead atoms. The summed E-state index contributed by atoms with van der Waals surface area (Å²) in [5, 5.41) is 11.3. The maximum absolute atomic E-state index is 10.2. The van der Waals surface area contributed by atoms with Crippen LogP contribution in [-0.2, 0) is 4.79 Å². The Balaban J connectivity index is 2.04. The number of hydrogen-bond donors (Lipinski definition) is 2. The van der Waals surface area contributed by atoms with Gasteiger partial charge in [-0.3, -0.25) is 4.79 Å². The van der Waals surface area contributed by atoms with E-state index in [0.29, 0.717) is 5.92 Å². The van der Waals surface area contributed by atoms with Gasteiger partial charge in [0.05, 0.1) is 6.54 Å². The van der Waals surface area contributed by atoms with Crippen LogP contribution in [-0.4, -0.2) is 24.2 Å². The van der Waals surface area contributed by atoms with E-state index in [1.165, 1.54) is 19.3 Å². The highest BCUT2D eigenvalue weighted by Crippen LogP contribution is 2.29. The third-order valence-corrected chi connectivity index (χ3v) is 2.51.